The average Bonchev–Trinajstić information content (AvgIpc) is 2.44. The Labute approximate surface area is 119 Å². The number of likely N-dealkylation sites (N-methyl/N-ethyl adjacent to an activating group) is 1. The Bertz CT molecular complexity index is 419. The van der Waals surface area contributed by atoms with E-state index in [1.165, 1.54) is 12.1 Å². The third kappa shape index (κ3) is 4.53. The van der Waals surface area contributed by atoms with Crippen molar-refractivity contribution in [2.24, 2.45) is 5.92 Å². The lowest BCUT2D eigenvalue weighted by atomic mass is 9.90. The van der Waals surface area contributed by atoms with Gasteiger partial charge < -0.3 is 10.1 Å². The van der Waals surface area contributed by atoms with Gasteiger partial charge in [0.2, 0.25) is 0 Å². The van der Waals surface area contributed by atoms with Crippen molar-refractivity contribution in [1.82, 2.24) is 5.32 Å². The largest absolute Gasteiger partial charge is 0.381 e. The van der Waals surface area contributed by atoms with Crippen LogP contribution in [0.1, 0.15) is 31.7 Å². The van der Waals surface area contributed by atoms with Gasteiger partial charge >= 0.3 is 0 Å². The number of benzene rings is 1. The fourth-order valence-electron chi connectivity index (χ4n) is 2.86. The van der Waals surface area contributed by atoms with Gasteiger partial charge in [0, 0.05) is 19.3 Å². The molecule has 0 spiro atoms. The maximum atomic E-state index is 13.3. The first-order valence-electron chi connectivity index (χ1n) is 7.44. The van der Waals surface area contributed by atoms with Crippen molar-refractivity contribution in [3.05, 3.63) is 35.4 Å². The normalized spacial score (nSPS) is 18.1. The van der Waals surface area contributed by atoms with E-state index in [0.717, 1.165) is 51.0 Å². The van der Waals surface area contributed by atoms with E-state index in [9.17, 15) is 8.78 Å². The Morgan fingerprint density at radius 2 is 2.00 bits per heavy atom. The van der Waals surface area contributed by atoms with Crippen molar-refractivity contribution in [3.63, 3.8) is 0 Å². The number of ether oxygens (including phenoxy) is 1. The molecule has 1 fully saturated rings. The zero-order valence-electron chi connectivity index (χ0n) is 12.0. The highest BCUT2D eigenvalue weighted by molar-refractivity contribution is 5.18. The van der Waals surface area contributed by atoms with Gasteiger partial charge in [0.1, 0.15) is 0 Å². The summed E-state index contributed by atoms with van der Waals surface area (Å²) in [4.78, 5) is 0. The van der Waals surface area contributed by atoms with Crippen LogP contribution < -0.4 is 5.32 Å². The summed E-state index contributed by atoms with van der Waals surface area (Å²) >= 11 is 0. The van der Waals surface area contributed by atoms with E-state index in [4.69, 9.17) is 4.74 Å². The van der Waals surface area contributed by atoms with Gasteiger partial charge in [-0.2, -0.15) is 0 Å². The molecule has 1 atom stereocenters. The monoisotopic (exact) mass is 283 g/mol. The molecule has 1 N–H and O–H groups in total. The van der Waals surface area contributed by atoms with Gasteiger partial charge in [-0.3, -0.25) is 0 Å². The number of rotatable bonds is 6. The van der Waals surface area contributed by atoms with Crippen molar-refractivity contribution >= 4 is 0 Å². The zero-order chi connectivity index (χ0) is 14.4. The second-order valence-corrected chi connectivity index (χ2v) is 5.50. The van der Waals surface area contributed by atoms with E-state index in [-0.39, 0.29) is 0 Å². The molecule has 0 radical (unpaired) electrons. The first kappa shape index (κ1) is 15.4. The maximum Gasteiger partial charge on any atom is 0.159 e. The predicted molar refractivity (Wildman–Crippen MR) is 75.7 cm³/mol. The van der Waals surface area contributed by atoms with Crippen LogP contribution in [0.25, 0.3) is 0 Å². The Morgan fingerprint density at radius 3 is 2.65 bits per heavy atom. The highest BCUT2D eigenvalue weighted by atomic mass is 19.2. The van der Waals surface area contributed by atoms with Crippen LogP contribution in [0.15, 0.2) is 18.2 Å². The quantitative estimate of drug-likeness (QED) is 0.865. The summed E-state index contributed by atoms with van der Waals surface area (Å²) in [5.41, 5.74) is 0.849. The van der Waals surface area contributed by atoms with Gasteiger partial charge in [0.25, 0.3) is 0 Å². The molecule has 0 saturated carbocycles. The minimum atomic E-state index is -0.779. The molecular weight excluding hydrogens is 260 g/mol. The fourth-order valence-corrected chi connectivity index (χ4v) is 2.86. The highest BCUT2D eigenvalue weighted by Crippen LogP contribution is 2.22. The van der Waals surface area contributed by atoms with Crippen LogP contribution in [0.4, 0.5) is 8.78 Å². The van der Waals surface area contributed by atoms with Gasteiger partial charge in [-0.05, 0) is 55.8 Å². The van der Waals surface area contributed by atoms with E-state index < -0.39 is 11.6 Å². The first-order chi connectivity index (χ1) is 9.69. The third-order valence-corrected chi connectivity index (χ3v) is 3.92. The summed E-state index contributed by atoms with van der Waals surface area (Å²) in [7, 11) is 0. The average molecular weight is 283 g/mol. The van der Waals surface area contributed by atoms with Crippen LogP contribution in [0.5, 0.6) is 0 Å². The van der Waals surface area contributed by atoms with Crippen LogP contribution in [-0.4, -0.2) is 25.8 Å². The van der Waals surface area contributed by atoms with Crippen molar-refractivity contribution < 1.29 is 13.5 Å². The van der Waals surface area contributed by atoms with Crippen LogP contribution in [0.3, 0.4) is 0 Å². The minimum absolute atomic E-state index is 0.313. The summed E-state index contributed by atoms with van der Waals surface area (Å²) in [6.45, 7) is 4.64. The predicted octanol–water partition coefficient (Wildman–Crippen LogP) is 3.30. The standard InChI is InChI=1S/C16H23F2NO/c1-2-19-14(9-12-5-7-20-8-6-12)10-13-3-4-15(17)16(18)11-13/h3-4,11-12,14,19H,2,5-10H2,1H3. The summed E-state index contributed by atoms with van der Waals surface area (Å²) in [6.07, 6.45) is 4.00. The molecule has 20 heavy (non-hydrogen) atoms. The molecule has 1 heterocycles. The molecule has 2 nitrogen and oxygen atoms in total. The topological polar surface area (TPSA) is 21.3 Å². The Morgan fingerprint density at radius 1 is 1.25 bits per heavy atom. The molecule has 1 saturated heterocycles. The maximum absolute atomic E-state index is 13.3. The lowest BCUT2D eigenvalue weighted by Crippen LogP contribution is -2.34. The van der Waals surface area contributed by atoms with Crippen LogP contribution >= 0.6 is 0 Å². The number of hydrogen-bond donors (Lipinski definition) is 1. The first-order valence-corrected chi connectivity index (χ1v) is 7.44. The SMILES string of the molecule is CCNC(Cc1ccc(F)c(F)c1)CC1CCOCC1. The molecule has 0 amide bonds. The Kier molecular flexibility index (Phi) is 5.92. The molecule has 1 unspecified atom stereocenters. The molecular formula is C16H23F2NO. The molecule has 1 aromatic rings. The summed E-state index contributed by atoms with van der Waals surface area (Å²) in [5.74, 6) is -0.875. The van der Waals surface area contributed by atoms with Crippen molar-refractivity contribution in [3.8, 4) is 0 Å². The van der Waals surface area contributed by atoms with Gasteiger partial charge in [-0.25, -0.2) is 8.78 Å². The molecule has 1 aliphatic rings. The summed E-state index contributed by atoms with van der Waals surface area (Å²) in [6, 6.07) is 4.51. The van der Waals surface area contributed by atoms with Gasteiger partial charge in [-0.1, -0.05) is 13.0 Å². The van der Waals surface area contributed by atoms with Crippen LogP contribution in [0, 0.1) is 17.6 Å². The number of nitrogens with one attached hydrogen (secondary N) is 1. The van der Waals surface area contributed by atoms with Gasteiger partial charge in [0.15, 0.2) is 11.6 Å². The van der Waals surface area contributed by atoms with E-state index in [0.29, 0.717) is 12.0 Å². The second kappa shape index (κ2) is 7.70. The second-order valence-electron chi connectivity index (χ2n) is 5.50. The van der Waals surface area contributed by atoms with E-state index >= 15 is 0 Å². The Hall–Kier alpha value is -1.00. The molecule has 1 aliphatic heterocycles. The number of hydrogen-bond acceptors (Lipinski definition) is 2. The zero-order valence-corrected chi connectivity index (χ0v) is 12.0. The fraction of sp³-hybridized carbons (Fsp3) is 0.625. The molecule has 0 aromatic heterocycles. The number of halogens is 2. The summed E-state index contributed by atoms with van der Waals surface area (Å²) in [5, 5.41) is 3.46. The third-order valence-electron chi connectivity index (χ3n) is 3.92. The van der Waals surface area contributed by atoms with E-state index in [1.807, 2.05) is 0 Å². The highest BCUT2D eigenvalue weighted by Gasteiger charge is 2.19. The van der Waals surface area contributed by atoms with Crippen molar-refractivity contribution in [2.45, 2.75) is 38.6 Å². The van der Waals surface area contributed by atoms with Crippen LogP contribution in [-0.2, 0) is 11.2 Å². The molecule has 1 aromatic carbocycles. The van der Waals surface area contributed by atoms with Crippen LogP contribution in [0.2, 0.25) is 0 Å². The Balaban J connectivity index is 1.94. The molecule has 112 valence electrons. The van der Waals surface area contributed by atoms with Gasteiger partial charge in [-0.15, -0.1) is 0 Å². The van der Waals surface area contributed by atoms with Gasteiger partial charge in [0.05, 0.1) is 0 Å². The van der Waals surface area contributed by atoms with E-state index in [2.05, 4.69) is 12.2 Å². The molecule has 0 aliphatic carbocycles. The molecule has 0 bridgehead atoms. The van der Waals surface area contributed by atoms with E-state index in [1.54, 1.807) is 6.07 Å². The smallest absolute Gasteiger partial charge is 0.159 e. The summed E-state index contributed by atoms with van der Waals surface area (Å²) < 4.78 is 31.6. The van der Waals surface area contributed by atoms with Crippen molar-refractivity contribution in [2.75, 3.05) is 19.8 Å². The molecule has 4 heteroatoms. The molecule has 2 rings (SSSR count). The lowest BCUT2D eigenvalue weighted by molar-refractivity contribution is 0.0606. The van der Waals surface area contributed by atoms with Crippen molar-refractivity contribution in [1.29, 1.82) is 0 Å². The minimum Gasteiger partial charge on any atom is -0.381 e. The lowest BCUT2D eigenvalue weighted by Gasteiger charge is -2.27.